The Morgan fingerprint density at radius 1 is 1.60 bits per heavy atom. The molecule has 0 bridgehead atoms. The minimum atomic E-state index is -0.905. The van der Waals surface area contributed by atoms with Gasteiger partial charge in [-0.2, -0.15) is 0 Å². The lowest BCUT2D eigenvalue weighted by atomic mass is 10.3. The molecule has 0 atom stereocenters. The van der Waals surface area contributed by atoms with Gasteiger partial charge in [0.1, 0.15) is 0 Å². The molecule has 1 rings (SSSR count). The minimum absolute atomic E-state index is 0.0169. The molecule has 0 aliphatic carbocycles. The summed E-state index contributed by atoms with van der Waals surface area (Å²) in [5.74, 6) is -1.14. The number of carbonyl (C=O) groups is 1. The Balaban J connectivity index is 2.50. The van der Waals surface area contributed by atoms with Crippen molar-refractivity contribution in [3.05, 3.63) is 28.4 Å². The first-order chi connectivity index (χ1) is 7.09. The molecular formula is C8H9N3O4. The van der Waals surface area contributed by atoms with Gasteiger partial charge in [-0.15, -0.1) is 0 Å². The van der Waals surface area contributed by atoms with Crippen molar-refractivity contribution in [2.24, 2.45) is 0 Å². The van der Waals surface area contributed by atoms with Crippen molar-refractivity contribution in [3.63, 3.8) is 0 Å². The minimum Gasteiger partial charge on any atom is -0.481 e. The Morgan fingerprint density at radius 2 is 2.33 bits per heavy atom. The van der Waals surface area contributed by atoms with E-state index in [4.69, 9.17) is 5.11 Å². The number of pyridine rings is 1. The summed E-state index contributed by atoms with van der Waals surface area (Å²) in [6, 6.07) is 2.73. The number of nitrogens with zero attached hydrogens (tertiary/aromatic N) is 2. The summed E-state index contributed by atoms with van der Waals surface area (Å²) < 4.78 is 0. The lowest BCUT2D eigenvalue weighted by molar-refractivity contribution is -0.389. The number of hydrogen-bond donors (Lipinski definition) is 2. The highest BCUT2D eigenvalue weighted by Crippen LogP contribution is 2.10. The Hall–Kier alpha value is -2.18. The lowest BCUT2D eigenvalue weighted by Crippen LogP contribution is -2.07. The predicted octanol–water partition coefficient (Wildman–Crippen LogP) is 0.876. The third-order valence-electron chi connectivity index (χ3n) is 1.60. The summed E-state index contributed by atoms with van der Waals surface area (Å²) in [7, 11) is 0. The van der Waals surface area contributed by atoms with Crippen molar-refractivity contribution in [1.82, 2.24) is 4.98 Å². The molecule has 0 unspecified atom stereocenters. The van der Waals surface area contributed by atoms with E-state index in [-0.39, 0.29) is 18.8 Å². The number of rotatable bonds is 5. The molecule has 2 N–H and O–H groups in total. The molecule has 0 saturated carbocycles. The second-order valence-corrected chi connectivity index (χ2v) is 2.73. The van der Waals surface area contributed by atoms with Crippen LogP contribution in [0.3, 0.4) is 0 Å². The summed E-state index contributed by atoms with van der Waals surface area (Å²) in [5.41, 5.74) is 0.557. The molecule has 0 aliphatic heterocycles. The topological polar surface area (TPSA) is 105 Å². The van der Waals surface area contributed by atoms with Crippen LogP contribution in [0.25, 0.3) is 0 Å². The van der Waals surface area contributed by atoms with Crippen molar-refractivity contribution in [2.75, 3.05) is 11.9 Å². The molecule has 0 radical (unpaired) electrons. The molecule has 0 spiro atoms. The molecule has 0 fully saturated rings. The van der Waals surface area contributed by atoms with E-state index in [1.807, 2.05) is 0 Å². The lowest BCUT2D eigenvalue weighted by Gasteiger charge is -2.01. The number of nitro groups is 1. The van der Waals surface area contributed by atoms with E-state index in [0.717, 1.165) is 0 Å². The van der Waals surface area contributed by atoms with Crippen molar-refractivity contribution in [3.8, 4) is 0 Å². The van der Waals surface area contributed by atoms with E-state index in [1.165, 1.54) is 18.3 Å². The van der Waals surface area contributed by atoms with Gasteiger partial charge in [0.15, 0.2) is 6.20 Å². The SMILES string of the molecule is O=C(O)CCNc1ccc([N+](=O)[O-])nc1. The van der Waals surface area contributed by atoms with Gasteiger partial charge in [-0.1, -0.05) is 0 Å². The molecule has 80 valence electrons. The fourth-order valence-electron chi connectivity index (χ4n) is 0.912. The third kappa shape index (κ3) is 3.59. The Morgan fingerprint density at radius 3 is 2.80 bits per heavy atom. The van der Waals surface area contributed by atoms with Crippen molar-refractivity contribution < 1.29 is 14.8 Å². The summed E-state index contributed by atoms with van der Waals surface area (Å²) in [5, 5.41) is 21.4. The first kappa shape index (κ1) is 10.9. The maximum absolute atomic E-state index is 10.3. The van der Waals surface area contributed by atoms with E-state index in [9.17, 15) is 14.9 Å². The van der Waals surface area contributed by atoms with Crippen LogP contribution < -0.4 is 5.32 Å². The first-order valence-electron chi connectivity index (χ1n) is 4.15. The van der Waals surface area contributed by atoms with Gasteiger partial charge in [-0.3, -0.25) is 4.79 Å². The zero-order chi connectivity index (χ0) is 11.3. The van der Waals surface area contributed by atoms with Crippen LogP contribution in [0.15, 0.2) is 18.3 Å². The predicted molar refractivity (Wildman–Crippen MR) is 51.6 cm³/mol. The first-order valence-corrected chi connectivity index (χ1v) is 4.15. The number of aromatic nitrogens is 1. The summed E-state index contributed by atoms with van der Waals surface area (Å²) in [4.78, 5) is 23.4. The fourth-order valence-corrected chi connectivity index (χ4v) is 0.912. The second kappa shape index (κ2) is 4.89. The quantitative estimate of drug-likeness (QED) is 0.553. The highest BCUT2D eigenvalue weighted by molar-refractivity contribution is 5.67. The zero-order valence-electron chi connectivity index (χ0n) is 7.71. The molecule has 7 heteroatoms. The van der Waals surface area contributed by atoms with Gasteiger partial charge < -0.3 is 20.5 Å². The Kier molecular flexibility index (Phi) is 3.55. The third-order valence-corrected chi connectivity index (χ3v) is 1.60. The molecule has 0 aromatic carbocycles. The smallest absolute Gasteiger partial charge is 0.363 e. The van der Waals surface area contributed by atoms with Crippen molar-refractivity contribution in [2.45, 2.75) is 6.42 Å². The number of anilines is 1. The standard InChI is InChI=1S/C8H9N3O4/c12-8(13)3-4-9-6-1-2-7(10-5-6)11(14)15/h1-2,5,9H,3-4H2,(H,12,13). The fraction of sp³-hybridized carbons (Fsp3) is 0.250. The summed E-state index contributed by atoms with van der Waals surface area (Å²) >= 11 is 0. The summed E-state index contributed by atoms with van der Waals surface area (Å²) in [6.45, 7) is 0.259. The molecule has 0 amide bonds. The molecule has 1 heterocycles. The van der Waals surface area contributed by atoms with E-state index < -0.39 is 10.9 Å². The second-order valence-electron chi connectivity index (χ2n) is 2.73. The number of nitrogens with one attached hydrogen (secondary N) is 1. The van der Waals surface area contributed by atoms with Crippen LogP contribution >= 0.6 is 0 Å². The highest BCUT2D eigenvalue weighted by atomic mass is 16.6. The van der Waals surface area contributed by atoms with Gasteiger partial charge >= 0.3 is 11.8 Å². The maximum atomic E-state index is 10.3. The molecule has 15 heavy (non-hydrogen) atoms. The van der Waals surface area contributed by atoms with Crippen LogP contribution in [-0.2, 0) is 4.79 Å². The van der Waals surface area contributed by atoms with Gasteiger partial charge in [-0.25, -0.2) is 0 Å². The van der Waals surface area contributed by atoms with E-state index in [2.05, 4.69) is 10.3 Å². The van der Waals surface area contributed by atoms with Gasteiger partial charge in [0, 0.05) is 12.6 Å². The van der Waals surface area contributed by atoms with Gasteiger partial charge in [-0.05, 0) is 16.0 Å². The Labute approximate surface area is 84.9 Å². The van der Waals surface area contributed by atoms with Crippen LogP contribution in [0.2, 0.25) is 0 Å². The van der Waals surface area contributed by atoms with Crippen LogP contribution in [0.1, 0.15) is 6.42 Å². The summed E-state index contributed by atoms with van der Waals surface area (Å²) in [6.07, 6.45) is 1.27. The van der Waals surface area contributed by atoms with Gasteiger partial charge in [0.05, 0.1) is 12.1 Å². The molecule has 1 aromatic heterocycles. The van der Waals surface area contributed by atoms with E-state index in [0.29, 0.717) is 5.69 Å². The molecule has 7 nitrogen and oxygen atoms in total. The maximum Gasteiger partial charge on any atom is 0.363 e. The number of aliphatic carboxylic acids is 1. The molecular weight excluding hydrogens is 202 g/mol. The molecule has 0 saturated heterocycles. The number of carboxylic acid groups (broad SMARTS) is 1. The highest BCUT2D eigenvalue weighted by Gasteiger charge is 2.05. The van der Waals surface area contributed by atoms with E-state index in [1.54, 1.807) is 0 Å². The average Bonchev–Trinajstić information content (AvgIpc) is 2.18. The average molecular weight is 211 g/mol. The monoisotopic (exact) mass is 211 g/mol. The normalized spacial score (nSPS) is 9.60. The number of hydrogen-bond acceptors (Lipinski definition) is 5. The molecule has 1 aromatic rings. The van der Waals surface area contributed by atoms with E-state index >= 15 is 0 Å². The van der Waals surface area contributed by atoms with Gasteiger partial charge in [0.2, 0.25) is 0 Å². The number of carboxylic acids is 1. The van der Waals surface area contributed by atoms with Crippen LogP contribution in [0.5, 0.6) is 0 Å². The van der Waals surface area contributed by atoms with Gasteiger partial charge in [0.25, 0.3) is 0 Å². The van der Waals surface area contributed by atoms with Crippen LogP contribution in [0.4, 0.5) is 11.5 Å². The van der Waals surface area contributed by atoms with Crippen molar-refractivity contribution in [1.29, 1.82) is 0 Å². The van der Waals surface area contributed by atoms with Crippen molar-refractivity contribution >= 4 is 17.5 Å². The molecule has 0 aliphatic rings. The van der Waals surface area contributed by atoms with Crippen LogP contribution in [-0.4, -0.2) is 27.5 Å². The zero-order valence-corrected chi connectivity index (χ0v) is 7.71. The largest absolute Gasteiger partial charge is 0.481 e. The Bertz CT molecular complexity index is 363. The van der Waals surface area contributed by atoms with Crippen LogP contribution in [0, 0.1) is 10.1 Å².